The van der Waals surface area contributed by atoms with E-state index in [1.54, 1.807) is 18.6 Å². The van der Waals surface area contributed by atoms with Crippen LogP contribution in [-0.4, -0.2) is 63.9 Å². The summed E-state index contributed by atoms with van der Waals surface area (Å²) in [6, 6.07) is 9.86. The molecule has 1 amide bonds. The molecule has 0 spiro atoms. The van der Waals surface area contributed by atoms with Crippen LogP contribution in [0.3, 0.4) is 0 Å². The third-order valence-corrected chi connectivity index (χ3v) is 6.29. The van der Waals surface area contributed by atoms with Crippen LogP contribution in [0.15, 0.2) is 42.9 Å². The van der Waals surface area contributed by atoms with Crippen LogP contribution < -0.4 is 5.73 Å². The Morgan fingerprint density at radius 2 is 2.00 bits per heavy atom. The Morgan fingerprint density at radius 1 is 1.18 bits per heavy atom. The minimum absolute atomic E-state index is 0.0844. The lowest BCUT2D eigenvalue weighted by Gasteiger charge is -2.21. The number of rotatable bonds is 4. The maximum atomic E-state index is 13.2. The highest BCUT2D eigenvalue weighted by Gasteiger charge is 2.28. The Hall–Kier alpha value is -3.76. The van der Waals surface area contributed by atoms with Crippen LogP contribution in [0.2, 0.25) is 0 Å². The Kier molecular flexibility index (Phi) is 6.90. The Morgan fingerprint density at radius 3 is 2.65 bits per heavy atom. The van der Waals surface area contributed by atoms with E-state index in [0.717, 1.165) is 65.1 Å². The van der Waals surface area contributed by atoms with Crippen LogP contribution in [0.5, 0.6) is 0 Å². The molecule has 3 heterocycles. The summed E-state index contributed by atoms with van der Waals surface area (Å²) in [6.07, 6.45) is 4.96. The quantitative estimate of drug-likeness (QED) is 0.609. The third-order valence-electron chi connectivity index (χ3n) is 6.29. The molecule has 174 valence electrons. The lowest BCUT2D eigenvalue weighted by molar-refractivity contribution is 0.0782. The molecule has 1 aromatic carbocycles. The van der Waals surface area contributed by atoms with Gasteiger partial charge in [0.2, 0.25) is 0 Å². The van der Waals surface area contributed by atoms with E-state index >= 15 is 0 Å². The largest absolute Gasteiger partial charge is 0.384 e. The van der Waals surface area contributed by atoms with Crippen molar-refractivity contribution in [2.75, 3.05) is 32.9 Å². The van der Waals surface area contributed by atoms with Gasteiger partial charge in [-0.3, -0.25) is 4.79 Å². The number of carbonyl (C=O) groups is 1. The fourth-order valence-corrected chi connectivity index (χ4v) is 4.22. The van der Waals surface area contributed by atoms with Crippen molar-refractivity contribution >= 4 is 11.7 Å². The van der Waals surface area contributed by atoms with E-state index < -0.39 is 0 Å². The van der Waals surface area contributed by atoms with Gasteiger partial charge in [0, 0.05) is 42.0 Å². The fraction of sp³-hybridized carbons (Fsp3) is 0.333. The number of nitrogen functional groups attached to an aromatic ring is 1. The molecule has 1 saturated heterocycles. The number of likely N-dealkylation sites (N-methyl/N-ethyl adjacent to an activating group) is 1. The highest BCUT2D eigenvalue weighted by molar-refractivity contribution is 5.96. The average Bonchev–Trinajstić information content (AvgIpc) is 3.34. The molecule has 0 aliphatic carbocycles. The minimum Gasteiger partial charge on any atom is -0.384 e. The summed E-state index contributed by atoms with van der Waals surface area (Å²) in [5, 5.41) is 0. The highest BCUT2D eigenvalue weighted by atomic mass is 16.2. The molecule has 2 aromatic heterocycles. The molecule has 4 rings (SSSR count). The Labute approximate surface area is 201 Å². The monoisotopic (exact) mass is 454 g/mol. The zero-order valence-electron chi connectivity index (χ0n) is 20.2. The van der Waals surface area contributed by atoms with Gasteiger partial charge in [-0.2, -0.15) is 0 Å². The fourth-order valence-electron chi connectivity index (χ4n) is 4.22. The van der Waals surface area contributed by atoms with Gasteiger partial charge in [-0.15, -0.1) is 0 Å². The SMILES string of the molecule is CCc1ncnc(-c2ccc(C(=O)N3CC[C@H](N(C)C)C3)c(C)c2)c1C#Cc1ccc(N)nc1. The maximum Gasteiger partial charge on any atom is 0.254 e. The standard InChI is InChI=1S/C27H30N6O/c1-5-24-23(9-6-19-7-11-25(28)29-15-19)26(31-17-30-24)20-8-10-22(18(2)14-20)27(34)33-13-12-21(16-33)32(3)4/h7-8,10-11,14-15,17,21H,5,12-13,16H2,1-4H3,(H2,28,29)/t21-/m0/s1. The van der Waals surface area contributed by atoms with E-state index in [9.17, 15) is 4.79 Å². The molecule has 0 radical (unpaired) electrons. The topological polar surface area (TPSA) is 88.2 Å². The van der Waals surface area contributed by atoms with Crippen molar-refractivity contribution in [2.45, 2.75) is 32.7 Å². The first-order valence-corrected chi connectivity index (χ1v) is 11.5. The average molecular weight is 455 g/mol. The van der Waals surface area contributed by atoms with Gasteiger partial charge in [0.25, 0.3) is 5.91 Å². The molecule has 3 aromatic rings. The number of nitrogens with two attached hydrogens (primary N) is 1. The summed E-state index contributed by atoms with van der Waals surface area (Å²) < 4.78 is 0. The van der Waals surface area contributed by atoms with Crippen molar-refractivity contribution in [1.82, 2.24) is 24.8 Å². The van der Waals surface area contributed by atoms with E-state index in [0.29, 0.717) is 11.9 Å². The molecule has 2 N–H and O–H groups in total. The van der Waals surface area contributed by atoms with Crippen LogP contribution in [-0.2, 0) is 6.42 Å². The number of aromatic nitrogens is 3. The second kappa shape index (κ2) is 10.0. The van der Waals surface area contributed by atoms with Crippen LogP contribution in [0.4, 0.5) is 5.82 Å². The summed E-state index contributed by atoms with van der Waals surface area (Å²) in [4.78, 5) is 30.4. The summed E-state index contributed by atoms with van der Waals surface area (Å²) in [6.45, 7) is 5.57. The number of hydrogen-bond acceptors (Lipinski definition) is 6. The number of carbonyl (C=O) groups excluding carboxylic acids is 1. The number of amides is 1. The van der Waals surface area contributed by atoms with E-state index in [-0.39, 0.29) is 5.91 Å². The molecular formula is C27H30N6O. The zero-order chi connectivity index (χ0) is 24.2. The second-order valence-electron chi connectivity index (χ2n) is 8.81. The lowest BCUT2D eigenvalue weighted by atomic mass is 9.98. The van der Waals surface area contributed by atoms with Crippen molar-refractivity contribution in [3.8, 4) is 23.1 Å². The third kappa shape index (κ3) is 4.92. The van der Waals surface area contributed by atoms with Crippen molar-refractivity contribution < 1.29 is 4.79 Å². The van der Waals surface area contributed by atoms with Crippen LogP contribution in [0.1, 0.15) is 46.1 Å². The number of aryl methyl sites for hydroxylation is 2. The highest BCUT2D eigenvalue weighted by Crippen LogP contribution is 2.26. The first kappa shape index (κ1) is 23.4. The first-order valence-electron chi connectivity index (χ1n) is 11.5. The van der Waals surface area contributed by atoms with Gasteiger partial charge >= 0.3 is 0 Å². The summed E-state index contributed by atoms with van der Waals surface area (Å²) in [7, 11) is 4.13. The zero-order valence-corrected chi connectivity index (χ0v) is 20.2. The van der Waals surface area contributed by atoms with Gasteiger partial charge in [-0.25, -0.2) is 15.0 Å². The Bertz CT molecular complexity index is 1260. The molecule has 1 aliphatic rings. The molecule has 1 atom stereocenters. The van der Waals surface area contributed by atoms with Gasteiger partial charge in [0.15, 0.2) is 0 Å². The van der Waals surface area contributed by atoms with Gasteiger partial charge in [0.1, 0.15) is 12.1 Å². The maximum absolute atomic E-state index is 13.2. The van der Waals surface area contributed by atoms with Gasteiger partial charge < -0.3 is 15.5 Å². The van der Waals surface area contributed by atoms with E-state index in [4.69, 9.17) is 5.73 Å². The predicted molar refractivity (Wildman–Crippen MR) is 134 cm³/mol. The van der Waals surface area contributed by atoms with Gasteiger partial charge in [-0.05, 0) is 63.7 Å². The van der Waals surface area contributed by atoms with Crippen LogP contribution in [0.25, 0.3) is 11.3 Å². The van der Waals surface area contributed by atoms with Gasteiger partial charge in [0.05, 0.1) is 17.0 Å². The summed E-state index contributed by atoms with van der Waals surface area (Å²) in [5.74, 6) is 6.95. The minimum atomic E-state index is 0.0844. The van der Waals surface area contributed by atoms with Crippen molar-refractivity contribution in [3.63, 3.8) is 0 Å². The van der Waals surface area contributed by atoms with E-state index in [1.807, 2.05) is 43.0 Å². The smallest absolute Gasteiger partial charge is 0.254 e. The molecule has 1 aliphatic heterocycles. The van der Waals surface area contributed by atoms with Crippen molar-refractivity contribution in [3.05, 3.63) is 70.8 Å². The van der Waals surface area contributed by atoms with E-state index in [2.05, 4.69) is 45.8 Å². The van der Waals surface area contributed by atoms with Crippen molar-refractivity contribution in [2.24, 2.45) is 0 Å². The molecule has 7 nitrogen and oxygen atoms in total. The number of anilines is 1. The van der Waals surface area contributed by atoms with E-state index in [1.165, 1.54) is 0 Å². The van der Waals surface area contributed by atoms with Crippen LogP contribution in [0, 0.1) is 18.8 Å². The molecule has 0 unspecified atom stereocenters. The first-order chi connectivity index (χ1) is 16.4. The lowest BCUT2D eigenvalue weighted by Crippen LogP contribution is -2.34. The molecule has 0 bridgehead atoms. The number of hydrogen-bond donors (Lipinski definition) is 1. The molecule has 7 heteroatoms. The Balaban J connectivity index is 1.66. The molecular weight excluding hydrogens is 424 g/mol. The number of benzene rings is 1. The summed E-state index contributed by atoms with van der Waals surface area (Å²) >= 11 is 0. The van der Waals surface area contributed by atoms with Crippen LogP contribution >= 0.6 is 0 Å². The summed E-state index contributed by atoms with van der Waals surface area (Å²) in [5.41, 5.74) is 11.4. The predicted octanol–water partition coefficient (Wildman–Crippen LogP) is 3.17. The number of nitrogens with zero attached hydrogens (tertiary/aromatic N) is 5. The number of pyridine rings is 1. The molecule has 1 fully saturated rings. The molecule has 34 heavy (non-hydrogen) atoms. The molecule has 0 saturated carbocycles. The second-order valence-corrected chi connectivity index (χ2v) is 8.81. The van der Waals surface area contributed by atoms with Gasteiger partial charge in [-0.1, -0.05) is 24.8 Å². The van der Waals surface area contributed by atoms with Crippen molar-refractivity contribution in [1.29, 1.82) is 0 Å². The normalized spacial score (nSPS) is 15.3. The number of likely N-dealkylation sites (tertiary alicyclic amines) is 1.